The van der Waals surface area contributed by atoms with E-state index in [-0.39, 0.29) is 11.8 Å². The van der Waals surface area contributed by atoms with Crippen molar-refractivity contribution >= 4 is 15.7 Å². The second-order valence-electron chi connectivity index (χ2n) is 6.28. The first-order chi connectivity index (χ1) is 13.8. The van der Waals surface area contributed by atoms with Crippen molar-refractivity contribution in [2.45, 2.75) is 17.2 Å². The molecule has 2 aromatic carbocycles. The number of nitrogens with zero attached hydrogens (tertiary/aromatic N) is 2. The summed E-state index contributed by atoms with van der Waals surface area (Å²) < 4.78 is 107. The summed E-state index contributed by atoms with van der Waals surface area (Å²) >= 11 is 0. The van der Waals surface area contributed by atoms with Gasteiger partial charge in [-0.15, -0.1) is 0 Å². The molecule has 3 aromatic rings. The van der Waals surface area contributed by atoms with Gasteiger partial charge in [0.05, 0.1) is 16.8 Å². The molecule has 0 fully saturated rings. The molecule has 0 aliphatic rings. The van der Waals surface area contributed by atoms with Gasteiger partial charge in [-0.3, -0.25) is 9.40 Å². The monoisotopic (exact) mass is 449 g/mol. The SMILES string of the molecule is Cn1cc(S(=O)(=O)Nc2cc(C(F)(F)F)cc(C(F)(F)F)c2)c(-c2ccccc2)n1. The molecule has 0 aliphatic carbocycles. The Labute approximate surface area is 167 Å². The molecule has 0 atom stereocenters. The van der Waals surface area contributed by atoms with Gasteiger partial charge >= 0.3 is 12.4 Å². The van der Waals surface area contributed by atoms with E-state index in [1.165, 1.54) is 11.7 Å². The number of hydrogen-bond donors (Lipinski definition) is 1. The zero-order chi connectivity index (χ0) is 22.3. The minimum Gasteiger partial charge on any atom is -0.279 e. The van der Waals surface area contributed by atoms with Gasteiger partial charge in [0.25, 0.3) is 10.0 Å². The molecule has 1 heterocycles. The van der Waals surface area contributed by atoms with Crippen LogP contribution in [0.1, 0.15) is 11.1 Å². The molecule has 0 bridgehead atoms. The van der Waals surface area contributed by atoms with Crippen molar-refractivity contribution in [1.82, 2.24) is 9.78 Å². The van der Waals surface area contributed by atoms with Gasteiger partial charge in [-0.25, -0.2) is 8.42 Å². The van der Waals surface area contributed by atoms with E-state index >= 15 is 0 Å². The summed E-state index contributed by atoms with van der Waals surface area (Å²) in [6.07, 6.45) is -9.11. The van der Waals surface area contributed by atoms with Crippen LogP contribution in [0.4, 0.5) is 32.0 Å². The third kappa shape index (κ3) is 4.58. The van der Waals surface area contributed by atoms with Crippen LogP contribution in [0.15, 0.2) is 59.6 Å². The van der Waals surface area contributed by atoms with E-state index in [9.17, 15) is 34.8 Å². The quantitative estimate of drug-likeness (QED) is 0.575. The van der Waals surface area contributed by atoms with Crippen molar-refractivity contribution < 1.29 is 34.8 Å². The van der Waals surface area contributed by atoms with Crippen LogP contribution in [-0.4, -0.2) is 18.2 Å². The van der Waals surface area contributed by atoms with Crippen molar-refractivity contribution in [1.29, 1.82) is 0 Å². The standard InChI is InChI=1S/C18H13F6N3O2S/c1-27-10-15(16(25-27)11-5-3-2-4-6-11)30(28,29)26-14-8-12(17(19,20)21)7-13(9-14)18(22,23)24/h2-10,26H,1H3. The Bertz CT molecular complexity index is 1140. The largest absolute Gasteiger partial charge is 0.416 e. The van der Waals surface area contributed by atoms with Gasteiger partial charge < -0.3 is 0 Å². The predicted molar refractivity (Wildman–Crippen MR) is 95.9 cm³/mol. The Morgan fingerprint density at radius 2 is 1.43 bits per heavy atom. The molecule has 0 amide bonds. The summed E-state index contributed by atoms with van der Waals surface area (Å²) in [7, 11) is -3.14. The van der Waals surface area contributed by atoms with E-state index in [0.29, 0.717) is 17.7 Å². The van der Waals surface area contributed by atoms with Crippen molar-refractivity contribution in [2.24, 2.45) is 7.05 Å². The van der Waals surface area contributed by atoms with E-state index in [1.54, 1.807) is 35.1 Å². The zero-order valence-electron chi connectivity index (χ0n) is 15.1. The first-order valence-electron chi connectivity index (χ1n) is 8.19. The summed E-state index contributed by atoms with van der Waals surface area (Å²) in [5, 5.41) is 4.04. The van der Waals surface area contributed by atoms with Crippen LogP contribution in [0.2, 0.25) is 0 Å². The van der Waals surface area contributed by atoms with Gasteiger partial charge in [0.1, 0.15) is 10.6 Å². The van der Waals surface area contributed by atoms with E-state index in [1.807, 2.05) is 0 Å². The minimum atomic E-state index is -5.11. The van der Waals surface area contributed by atoms with Crippen LogP contribution >= 0.6 is 0 Å². The van der Waals surface area contributed by atoms with Crippen LogP contribution in [0.3, 0.4) is 0 Å². The number of aromatic nitrogens is 2. The number of hydrogen-bond acceptors (Lipinski definition) is 3. The molecule has 1 aromatic heterocycles. The molecule has 0 unspecified atom stereocenters. The second kappa shape index (κ2) is 7.35. The summed E-state index contributed by atoms with van der Waals surface area (Å²) in [5.74, 6) is 0. The molecule has 5 nitrogen and oxygen atoms in total. The topological polar surface area (TPSA) is 64.0 Å². The van der Waals surface area contributed by atoms with Gasteiger partial charge in [-0.2, -0.15) is 31.4 Å². The minimum absolute atomic E-state index is 0.00591. The number of aryl methyl sites for hydroxylation is 1. The third-order valence-corrected chi connectivity index (χ3v) is 5.35. The van der Waals surface area contributed by atoms with E-state index in [2.05, 4.69) is 5.10 Å². The lowest BCUT2D eigenvalue weighted by Crippen LogP contribution is -2.16. The lowest BCUT2D eigenvalue weighted by atomic mass is 10.1. The molecule has 1 N–H and O–H groups in total. The zero-order valence-corrected chi connectivity index (χ0v) is 15.9. The molecule has 0 aliphatic heterocycles. The normalized spacial score (nSPS) is 12.8. The number of alkyl halides is 6. The van der Waals surface area contributed by atoms with E-state index in [0.717, 1.165) is 6.20 Å². The molecule has 3 rings (SSSR count). The van der Waals surface area contributed by atoms with Crippen molar-refractivity contribution in [3.05, 3.63) is 65.9 Å². The number of halogens is 6. The van der Waals surface area contributed by atoms with Gasteiger partial charge in [-0.1, -0.05) is 30.3 Å². The van der Waals surface area contributed by atoms with Gasteiger partial charge in [0, 0.05) is 18.8 Å². The van der Waals surface area contributed by atoms with Gasteiger partial charge in [0.2, 0.25) is 0 Å². The maximum Gasteiger partial charge on any atom is 0.416 e. The Morgan fingerprint density at radius 3 is 1.93 bits per heavy atom. The summed E-state index contributed by atoms with van der Waals surface area (Å²) in [4.78, 5) is -0.401. The highest BCUT2D eigenvalue weighted by Crippen LogP contribution is 2.38. The average molecular weight is 449 g/mol. The van der Waals surface area contributed by atoms with Gasteiger partial charge in [-0.05, 0) is 18.2 Å². The lowest BCUT2D eigenvalue weighted by molar-refractivity contribution is -0.143. The van der Waals surface area contributed by atoms with E-state index < -0.39 is 44.1 Å². The molecule has 0 saturated heterocycles. The van der Waals surface area contributed by atoms with Crippen LogP contribution in [0.25, 0.3) is 11.3 Å². The number of sulfonamides is 1. The highest BCUT2D eigenvalue weighted by Gasteiger charge is 2.37. The molecule has 30 heavy (non-hydrogen) atoms. The Morgan fingerprint density at radius 1 is 0.900 bits per heavy atom. The summed E-state index contributed by atoms with van der Waals surface area (Å²) in [5.41, 5.74) is -3.75. The maximum atomic E-state index is 13.0. The second-order valence-corrected chi connectivity index (χ2v) is 7.93. The maximum absolute atomic E-state index is 13.0. The fourth-order valence-electron chi connectivity index (χ4n) is 2.68. The van der Waals surface area contributed by atoms with Crippen molar-refractivity contribution in [3.8, 4) is 11.3 Å². The molecule has 12 heteroatoms. The average Bonchev–Trinajstić information content (AvgIpc) is 3.03. The molecular weight excluding hydrogens is 436 g/mol. The molecule has 0 saturated carbocycles. The molecular formula is C18H13F6N3O2S. The number of anilines is 1. The highest BCUT2D eigenvalue weighted by atomic mass is 32.2. The summed E-state index contributed by atoms with van der Waals surface area (Å²) in [6.45, 7) is 0. The molecule has 0 radical (unpaired) electrons. The number of benzene rings is 2. The molecule has 160 valence electrons. The van der Waals surface area contributed by atoms with Crippen molar-refractivity contribution in [3.63, 3.8) is 0 Å². The van der Waals surface area contributed by atoms with Gasteiger partial charge in [0.15, 0.2) is 0 Å². The number of nitrogens with one attached hydrogen (secondary N) is 1. The Hall–Kier alpha value is -3.02. The first kappa shape index (κ1) is 21.7. The third-order valence-electron chi connectivity index (χ3n) is 3.97. The van der Waals surface area contributed by atoms with Crippen LogP contribution < -0.4 is 4.72 Å². The van der Waals surface area contributed by atoms with Crippen LogP contribution in [-0.2, 0) is 29.4 Å². The van der Waals surface area contributed by atoms with Crippen LogP contribution in [0.5, 0.6) is 0 Å². The fraction of sp³-hybridized carbons (Fsp3) is 0.167. The van der Waals surface area contributed by atoms with Crippen LogP contribution in [0, 0.1) is 0 Å². The molecule has 0 spiro atoms. The predicted octanol–water partition coefficient (Wildman–Crippen LogP) is 4.93. The number of rotatable bonds is 4. The van der Waals surface area contributed by atoms with E-state index in [4.69, 9.17) is 0 Å². The fourth-order valence-corrected chi connectivity index (χ4v) is 3.93. The Kier molecular flexibility index (Phi) is 5.31. The Balaban J connectivity index is 2.09. The highest BCUT2D eigenvalue weighted by molar-refractivity contribution is 7.92. The van der Waals surface area contributed by atoms with Crippen molar-refractivity contribution in [2.75, 3.05) is 4.72 Å². The summed E-state index contributed by atoms with van der Waals surface area (Å²) in [6, 6.07) is 8.56. The first-order valence-corrected chi connectivity index (χ1v) is 9.67. The smallest absolute Gasteiger partial charge is 0.279 e. The lowest BCUT2D eigenvalue weighted by Gasteiger charge is -2.15.